The standard InChI is InChI=1S/C19H23Cl3FN3O2S/c1-2-29-25-5-6-26(14(11-25)10-24-4-3-13(23)9-24)19(27)12-28-18-8-16(21)15(20)7-17(18)22/h2,7-8,13-14H,1,3-6,9-12H2/t13-,14-/m0/s1. The summed E-state index contributed by atoms with van der Waals surface area (Å²) in [7, 11) is 0. The zero-order valence-electron chi connectivity index (χ0n) is 15.8. The molecule has 0 radical (unpaired) electrons. The second-order valence-electron chi connectivity index (χ2n) is 7.03. The number of rotatable bonds is 7. The van der Waals surface area contributed by atoms with Crippen LogP contribution < -0.4 is 4.74 Å². The molecule has 10 heteroatoms. The summed E-state index contributed by atoms with van der Waals surface area (Å²) in [4.78, 5) is 16.8. The monoisotopic (exact) mass is 481 g/mol. The maximum Gasteiger partial charge on any atom is 0.260 e. The summed E-state index contributed by atoms with van der Waals surface area (Å²) < 4.78 is 21.4. The third-order valence-electron chi connectivity index (χ3n) is 5.00. The molecule has 2 fully saturated rings. The van der Waals surface area contributed by atoms with Gasteiger partial charge < -0.3 is 9.64 Å². The van der Waals surface area contributed by atoms with Gasteiger partial charge in [0.1, 0.15) is 11.9 Å². The predicted octanol–water partition coefficient (Wildman–Crippen LogP) is 4.37. The summed E-state index contributed by atoms with van der Waals surface area (Å²) in [5.41, 5.74) is 0. The van der Waals surface area contributed by atoms with Crippen molar-refractivity contribution >= 4 is 52.7 Å². The highest BCUT2D eigenvalue weighted by Crippen LogP contribution is 2.34. The van der Waals surface area contributed by atoms with E-state index in [2.05, 4.69) is 15.8 Å². The lowest BCUT2D eigenvalue weighted by molar-refractivity contribution is -0.137. The number of hydrogen-bond donors (Lipinski definition) is 0. The highest BCUT2D eigenvalue weighted by atomic mass is 35.5. The molecule has 29 heavy (non-hydrogen) atoms. The van der Waals surface area contributed by atoms with Crippen LogP contribution in [0.15, 0.2) is 24.1 Å². The van der Waals surface area contributed by atoms with Gasteiger partial charge >= 0.3 is 0 Å². The van der Waals surface area contributed by atoms with Crippen molar-refractivity contribution in [1.82, 2.24) is 14.1 Å². The lowest BCUT2D eigenvalue weighted by Crippen LogP contribution is -2.58. The number of likely N-dealkylation sites (tertiary alicyclic amines) is 1. The maximum atomic E-state index is 13.6. The first kappa shape index (κ1) is 23.0. The van der Waals surface area contributed by atoms with E-state index in [0.717, 1.165) is 6.54 Å². The first-order chi connectivity index (χ1) is 13.9. The lowest BCUT2D eigenvalue weighted by Gasteiger charge is -2.41. The molecule has 1 amide bonds. The first-order valence-electron chi connectivity index (χ1n) is 9.33. The molecule has 2 heterocycles. The molecule has 2 aliphatic heterocycles. The Balaban J connectivity index is 1.64. The van der Waals surface area contributed by atoms with Gasteiger partial charge in [0.15, 0.2) is 6.61 Å². The topological polar surface area (TPSA) is 36.0 Å². The van der Waals surface area contributed by atoms with Crippen LogP contribution in [0.5, 0.6) is 5.75 Å². The number of hydrogen-bond acceptors (Lipinski definition) is 5. The number of ether oxygens (including phenoxy) is 1. The van der Waals surface area contributed by atoms with E-state index in [1.807, 2.05) is 4.90 Å². The third kappa shape index (κ3) is 6.15. The van der Waals surface area contributed by atoms with Crippen molar-refractivity contribution in [3.05, 3.63) is 39.2 Å². The van der Waals surface area contributed by atoms with Gasteiger partial charge in [0, 0.05) is 45.3 Å². The van der Waals surface area contributed by atoms with Crippen molar-refractivity contribution in [2.75, 3.05) is 45.9 Å². The molecular formula is C19H23Cl3FN3O2S. The number of amides is 1. The molecule has 2 aliphatic rings. The summed E-state index contributed by atoms with van der Waals surface area (Å²) in [6, 6.07) is 2.93. The zero-order chi connectivity index (χ0) is 21.0. The Kier molecular flexibility index (Phi) is 8.36. The molecule has 0 aliphatic carbocycles. The summed E-state index contributed by atoms with van der Waals surface area (Å²) in [5, 5.41) is 2.70. The Bertz CT molecular complexity index is 758. The van der Waals surface area contributed by atoms with Crippen molar-refractivity contribution in [3.63, 3.8) is 0 Å². The van der Waals surface area contributed by atoms with Crippen LogP contribution in [0, 0.1) is 0 Å². The van der Waals surface area contributed by atoms with Gasteiger partial charge in [-0.05, 0) is 17.9 Å². The van der Waals surface area contributed by atoms with Crippen molar-refractivity contribution < 1.29 is 13.9 Å². The summed E-state index contributed by atoms with van der Waals surface area (Å²) in [6.45, 7) is 7.34. The SMILES string of the molecule is C=CSN1CCN(C(=O)COc2cc(Cl)c(Cl)cc2Cl)[C@@H](CN2CC[C@H](F)C2)C1. The van der Waals surface area contributed by atoms with Gasteiger partial charge in [0.25, 0.3) is 5.91 Å². The minimum absolute atomic E-state index is 0.0538. The molecule has 1 aromatic rings. The van der Waals surface area contributed by atoms with Gasteiger partial charge in [0.05, 0.1) is 21.1 Å². The van der Waals surface area contributed by atoms with E-state index in [9.17, 15) is 9.18 Å². The molecule has 2 saturated heterocycles. The molecular weight excluding hydrogens is 460 g/mol. The number of carbonyl (C=O) groups excluding carboxylic acids is 1. The summed E-state index contributed by atoms with van der Waals surface area (Å²) >= 11 is 19.6. The summed E-state index contributed by atoms with van der Waals surface area (Å²) in [5.74, 6) is 0.169. The Morgan fingerprint density at radius 2 is 1.97 bits per heavy atom. The molecule has 1 aromatic carbocycles. The van der Waals surface area contributed by atoms with E-state index in [-0.39, 0.29) is 18.6 Å². The second-order valence-corrected chi connectivity index (χ2v) is 9.31. The fourth-order valence-corrected chi connectivity index (χ4v) is 4.85. The van der Waals surface area contributed by atoms with E-state index >= 15 is 0 Å². The molecule has 0 aromatic heterocycles. The van der Waals surface area contributed by atoms with Crippen LogP contribution in [0.1, 0.15) is 6.42 Å². The minimum Gasteiger partial charge on any atom is -0.482 e. The number of nitrogens with zero attached hydrogens (tertiary/aromatic N) is 3. The quantitative estimate of drug-likeness (QED) is 0.426. The maximum absolute atomic E-state index is 13.6. The lowest BCUT2D eigenvalue weighted by atomic mass is 10.1. The summed E-state index contributed by atoms with van der Waals surface area (Å²) in [6.07, 6.45) is -0.244. The average Bonchev–Trinajstić information content (AvgIpc) is 3.08. The van der Waals surface area contributed by atoms with Crippen molar-refractivity contribution in [2.24, 2.45) is 0 Å². The molecule has 5 nitrogen and oxygen atoms in total. The number of benzene rings is 1. The molecule has 2 atom stereocenters. The molecule has 0 bridgehead atoms. The average molecular weight is 483 g/mol. The van der Waals surface area contributed by atoms with Gasteiger partial charge in [0.2, 0.25) is 0 Å². The van der Waals surface area contributed by atoms with Gasteiger partial charge in [-0.1, -0.05) is 53.3 Å². The van der Waals surface area contributed by atoms with E-state index < -0.39 is 6.17 Å². The molecule has 0 unspecified atom stereocenters. The minimum atomic E-state index is -0.790. The largest absolute Gasteiger partial charge is 0.482 e. The Labute approximate surface area is 189 Å². The van der Waals surface area contributed by atoms with Gasteiger partial charge in [-0.15, -0.1) is 0 Å². The van der Waals surface area contributed by atoms with Gasteiger partial charge in [-0.3, -0.25) is 9.69 Å². The normalized spacial score (nSPS) is 23.4. The number of carbonyl (C=O) groups is 1. The van der Waals surface area contributed by atoms with E-state index in [0.29, 0.717) is 60.0 Å². The molecule has 3 rings (SSSR count). The van der Waals surface area contributed by atoms with Crippen LogP contribution in [-0.4, -0.2) is 78.1 Å². The molecule has 0 N–H and O–H groups in total. The number of piperazine rings is 1. The third-order valence-corrected chi connectivity index (χ3v) is 6.80. The Morgan fingerprint density at radius 3 is 2.66 bits per heavy atom. The van der Waals surface area contributed by atoms with Crippen LogP contribution in [0.3, 0.4) is 0 Å². The zero-order valence-corrected chi connectivity index (χ0v) is 18.9. The number of halogens is 4. The highest BCUT2D eigenvalue weighted by Gasteiger charge is 2.34. The smallest absolute Gasteiger partial charge is 0.260 e. The molecule has 160 valence electrons. The highest BCUT2D eigenvalue weighted by molar-refractivity contribution is 7.99. The van der Waals surface area contributed by atoms with Crippen molar-refractivity contribution in [1.29, 1.82) is 0 Å². The van der Waals surface area contributed by atoms with Crippen LogP contribution in [-0.2, 0) is 4.79 Å². The number of alkyl halides is 1. The molecule has 0 spiro atoms. The van der Waals surface area contributed by atoms with Crippen LogP contribution in [0.25, 0.3) is 0 Å². The van der Waals surface area contributed by atoms with Gasteiger partial charge in [-0.2, -0.15) is 0 Å². The van der Waals surface area contributed by atoms with Crippen LogP contribution in [0.4, 0.5) is 4.39 Å². The Morgan fingerprint density at radius 1 is 1.21 bits per heavy atom. The van der Waals surface area contributed by atoms with E-state index in [1.54, 1.807) is 5.41 Å². The van der Waals surface area contributed by atoms with E-state index in [1.165, 1.54) is 24.1 Å². The van der Waals surface area contributed by atoms with E-state index in [4.69, 9.17) is 39.5 Å². The fourth-order valence-electron chi connectivity index (χ4n) is 3.60. The van der Waals surface area contributed by atoms with Crippen molar-refractivity contribution in [2.45, 2.75) is 18.6 Å². The van der Waals surface area contributed by atoms with Crippen LogP contribution in [0.2, 0.25) is 15.1 Å². The Hall–Kier alpha value is -0.700. The van der Waals surface area contributed by atoms with Crippen LogP contribution >= 0.6 is 46.8 Å². The molecule has 0 saturated carbocycles. The fraction of sp³-hybridized carbons (Fsp3) is 0.526. The van der Waals surface area contributed by atoms with Gasteiger partial charge in [-0.25, -0.2) is 8.70 Å². The second kappa shape index (κ2) is 10.6. The first-order valence-corrected chi connectivity index (χ1v) is 11.3. The van der Waals surface area contributed by atoms with Crippen molar-refractivity contribution in [3.8, 4) is 5.75 Å². The predicted molar refractivity (Wildman–Crippen MR) is 118 cm³/mol.